The molecule has 0 radical (unpaired) electrons. The zero-order valence-corrected chi connectivity index (χ0v) is 30.4. The molecule has 1 atom stereocenters. The number of carboxylic acid groups (broad SMARTS) is 2. The van der Waals surface area contributed by atoms with E-state index in [1.165, 1.54) is 32.1 Å². The van der Waals surface area contributed by atoms with Gasteiger partial charge in [0.15, 0.2) is 5.96 Å². The van der Waals surface area contributed by atoms with Crippen molar-refractivity contribution >= 4 is 35.6 Å². The van der Waals surface area contributed by atoms with Gasteiger partial charge >= 0.3 is 11.9 Å². The number of guanidine groups is 1. The number of hydrogen-bond acceptors (Lipinski definition) is 9. The summed E-state index contributed by atoms with van der Waals surface area (Å²) in [7, 11) is 3.59. The number of carbonyl (C=O) groups excluding carboxylic acids is 3. The third-order valence-corrected chi connectivity index (χ3v) is 9.27. The first-order chi connectivity index (χ1) is 23.9. The maximum atomic E-state index is 13.2. The van der Waals surface area contributed by atoms with Crippen molar-refractivity contribution in [3.63, 3.8) is 0 Å². The topological polar surface area (TPSA) is 213 Å². The highest BCUT2D eigenvalue weighted by Gasteiger charge is 2.22. The fourth-order valence-electron chi connectivity index (χ4n) is 6.22. The molecule has 2 fully saturated rings. The SMILES string of the molecule is CN(C)C(N)=NCCC[C@H](NC(=O)CCCN1CCN(CC(=O)O)CCN(CC(=O)O)CC1)C(=O)NCCCCC(=O)NCC1CCCCC1. The number of amides is 3. The maximum absolute atomic E-state index is 13.2. The molecule has 0 aromatic heterocycles. The van der Waals surface area contributed by atoms with Crippen LogP contribution in [0.2, 0.25) is 0 Å². The van der Waals surface area contributed by atoms with Crippen LogP contribution in [-0.4, -0.2) is 164 Å². The van der Waals surface area contributed by atoms with Crippen LogP contribution in [0.25, 0.3) is 0 Å². The number of hydrogen-bond donors (Lipinski definition) is 6. The van der Waals surface area contributed by atoms with Gasteiger partial charge in [-0.25, -0.2) is 0 Å². The van der Waals surface area contributed by atoms with Crippen LogP contribution in [0.15, 0.2) is 4.99 Å². The Morgan fingerprint density at radius 3 is 1.94 bits per heavy atom. The summed E-state index contributed by atoms with van der Waals surface area (Å²) in [6, 6.07) is -0.739. The quantitative estimate of drug-likeness (QED) is 0.0527. The Balaban J connectivity index is 1.83. The van der Waals surface area contributed by atoms with E-state index in [4.69, 9.17) is 5.73 Å². The molecule has 1 heterocycles. The van der Waals surface area contributed by atoms with Crippen LogP contribution in [0.3, 0.4) is 0 Å². The first kappa shape index (κ1) is 42.7. The zero-order chi connectivity index (χ0) is 36.7. The molecule has 0 aromatic carbocycles. The molecule has 2 aliphatic rings. The van der Waals surface area contributed by atoms with Crippen LogP contribution in [0.4, 0.5) is 0 Å². The lowest BCUT2D eigenvalue weighted by atomic mass is 9.89. The van der Waals surface area contributed by atoms with Crippen molar-refractivity contribution < 1.29 is 34.2 Å². The molecule has 2 rings (SSSR count). The van der Waals surface area contributed by atoms with Crippen LogP contribution in [0, 0.1) is 5.92 Å². The van der Waals surface area contributed by atoms with Gasteiger partial charge in [-0.2, -0.15) is 0 Å². The molecule has 0 bridgehead atoms. The second kappa shape index (κ2) is 24.6. The summed E-state index contributed by atoms with van der Waals surface area (Å²) in [6.07, 6.45) is 9.50. The van der Waals surface area contributed by atoms with Gasteiger partial charge in [-0.1, -0.05) is 19.3 Å². The highest BCUT2D eigenvalue weighted by Crippen LogP contribution is 2.22. The van der Waals surface area contributed by atoms with Gasteiger partial charge in [0.2, 0.25) is 17.7 Å². The zero-order valence-electron chi connectivity index (χ0n) is 30.4. The minimum atomic E-state index is -0.934. The molecule has 16 heteroatoms. The average molecular weight is 710 g/mol. The van der Waals surface area contributed by atoms with E-state index in [2.05, 4.69) is 25.8 Å². The van der Waals surface area contributed by atoms with Crippen molar-refractivity contribution in [2.75, 3.05) is 92.6 Å². The molecule has 0 aromatic rings. The summed E-state index contributed by atoms with van der Waals surface area (Å²) >= 11 is 0. The first-order valence-corrected chi connectivity index (χ1v) is 18.3. The lowest BCUT2D eigenvalue weighted by Gasteiger charge is -2.25. The highest BCUT2D eigenvalue weighted by molar-refractivity contribution is 5.87. The number of rotatable bonds is 21. The molecule has 7 N–H and O–H groups in total. The maximum Gasteiger partial charge on any atom is 0.317 e. The number of unbranched alkanes of at least 4 members (excludes halogenated alkanes) is 1. The fraction of sp³-hybridized carbons (Fsp3) is 0.824. The largest absolute Gasteiger partial charge is 0.480 e. The monoisotopic (exact) mass is 709 g/mol. The van der Waals surface area contributed by atoms with Gasteiger partial charge in [-0.05, 0) is 57.4 Å². The van der Waals surface area contributed by atoms with Crippen LogP contribution >= 0.6 is 0 Å². The molecule has 0 unspecified atom stereocenters. The summed E-state index contributed by atoms with van der Waals surface area (Å²) in [5.74, 6) is -1.38. The van der Waals surface area contributed by atoms with Crippen molar-refractivity contribution in [3.8, 4) is 0 Å². The van der Waals surface area contributed by atoms with Gasteiger partial charge in [0, 0.05) is 85.8 Å². The van der Waals surface area contributed by atoms with Crippen LogP contribution < -0.4 is 21.7 Å². The smallest absolute Gasteiger partial charge is 0.317 e. The van der Waals surface area contributed by atoms with E-state index in [1.807, 2.05) is 0 Å². The van der Waals surface area contributed by atoms with Crippen molar-refractivity contribution in [2.45, 2.75) is 83.1 Å². The van der Waals surface area contributed by atoms with E-state index in [0.29, 0.717) is 109 Å². The highest BCUT2D eigenvalue weighted by atomic mass is 16.4. The number of nitrogens with zero attached hydrogens (tertiary/aromatic N) is 5. The lowest BCUT2D eigenvalue weighted by molar-refractivity contribution is -0.140. The second-order valence-electron chi connectivity index (χ2n) is 13.7. The number of aliphatic carboxylic acids is 2. The van der Waals surface area contributed by atoms with E-state index in [1.54, 1.807) is 28.8 Å². The molecule has 3 amide bonds. The minimum absolute atomic E-state index is 0.0473. The molecule has 1 aliphatic carbocycles. The Hall–Kier alpha value is -3.50. The number of carbonyl (C=O) groups is 5. The normalized spacial score (nSPS) is 17.9. The van der Waals surface area contributed by atoms with E-state index in [0.717, 1.165) is 6.54 Å². The fourth-order valence-corrected chi connectivity index (χ4v) is 6.22. The third-order valence-electron chi connectivity index (χ3n) is 9.27. The predicted octanol–water partition coefficient (Wildman–Crippen LogP) is -0.0203. The molecule has 0 spiro atoms. The van der Waals surface area contributed by atoms with Crippen molar-refractivity contribution in [3.05, 3.63) is 0 Å². The molecular formula is C34H63N9O7. The number of carboxylic acids is 2. The van der Waals surface area contributed by atoms with E-state index in [-0.39, 0.29) is 37.2 Å². The predicted molar refractivity (Wildman–Crippen MR) is 192 cm³/mol. The van der Waals surface area contributed by atoms with Gasteiger partial charge in [-0.15, -0.1) is 0 Å². The van der Waals surface area contributed by atoms with Crippen molar-refractivity contribution in [2.24, 2.45) is 16.6 Å². The summed E-state index contributed by atoms with van der Waals surface area (Å²) in [5.41, 5.74) is 5.88. The van der Waals surface area contributed by atoms with Gasteiger partial charge in [0.25, 0.3) is 0 Å². The molecule has 1 saturated carbocycles. The van der Waals surface area contributed by atoms with E-state index < -0.39 is 18.0 Å². The van der Waals surface area contributed by atoms with Gasteiger partial charge in [0.05, 0.1) is 13.1 Å². The van der Waals surface area contributed by atoms with E-state index >= 15 is 0 Å². The van der Waals surface area contributed by atoms with Crippen LogP contribution in [-0.2, 0) is 24.0 Å². The number of aliphatic imine (C=N–C) groups is 1. The molecule has 16 nitrogen and oxygen atoms in total. The average Bonchev–Trinajstić information content (AvgIpc) is 3.15. The number of nitrogens with two attached hydrogens (primary N) is 1. The first-order valence-electron chi connectivity index (χ1n) is 18.3. The third kappa shape index (κ3) is 19.6. The Bertz CT molecular complexity index is 1060. The molecule has 286 valence electrons. The summed E-state index contributed by atoms with van der Waals surface area (Å²) in [4.78, 5) is 72.8. The van der Waals surface area contributed by atoms with Gasteiger partial charge < -0.3 is 41.7 Å². The number of nitrogens with one attached hydrogen (secondary N) is 3. The summed E-state index contributed by atoms with van der Waals surface area (Å²) in [5, 5.41) is 27.4. The molecular weight excluding hydrogens is 646 g/mol. The lowest BCUT2D eigenvalue weighted by Crippen LogP contribution is -2.47. The summed E-state index contributed by atoms with van der Waals surface area (Å²) in [6.45, 7) is 5.04. The van der Waals surface area contributed by atoms with Crippen molar-refractivity contribution in [1.82, 2.24) is 35.6 Å². The molecule has 1 saturated heterocycles. The Morgan fingerprint density at radius 1 is 0.780 bits per heavy atom. The Labute approximate surface area is 297 Å². The Morgan fingerprint density at radius 2 is 1.36 bits per heavy atom. The second-order valence-corrected chi connectivity index (χ2v) is 13.7. The van der Waals surface area contributed by atoms with Crippen molar-refractivity contribution in [1.29, 1.82) is 0 Å². The summed E-state index contributed by atoms with van der Waals surface area (Å²) < 4.78 is 0. The molecule has 1 aliphatic heterocycles. The van der Waals surface area contributed by atoms with Crippen LogP contribution in [0.5, 0.6) is 0 Å². The van der Waals surface area contributed by atoms with E-state index in [9.17, 15) is 34.2 Å². The van der Waals surface area contributed by atoms with Gasteiger partial charge in [0.1, 0.15) is 6.04 Å². The standard InChI is InChI=1S/C34H63N9O7/c1-40(2)34(35)37-16-8-12-28(33(50)36-15-7-6-13-29(44)38-24-27-10-4-3-5-11-27)39-30(45)14-9-17-41-18-20-42(25-31(46)47)22-23-43(21-19-41)26-32(48)49/h27-28H,3-26H2,1-2H3,(H2,35,37)(H,36,50)(H,38,44)(H,39,45)(H,46,47)(H,48,49)/t28-/m0/s1. The minimum Gasteiger partial charge on any atom is -0.480 e. The van der Waals surface area contributed by atoms with Gasteiger partial charge in [-0.3, -0.25) is 38.8 Å². The Kier molecular flexibility index (Phi) is 21.0. The van der Waals surface area contributed by atoms with Crippen LogP contribution in [0.1, 0.15) is 77.0 Å². The molecule has 50 heavy (non-hydrogen) atoms.